The van der Waals surface area contributed by atoms with Gasteiger partial charge in [0, 0.05) is 6.04 Å². The van der Waals surface area contributed by atoms with Gasteiger partial charge in [0.1, 0.15) is 0 Å². The summed E-state index contributed by atoms with van der Waals surface area (Å²) in [6, 6.07) is 3.33. The number of nitrogens with two attached hydrogens (primary N) is 1. The maximum absolute atomic E-state index is 12.6. The number of halogens is 3. The fourth-order valence-electron chi connectivity index (χ4n) is 2.36. The van der Waals surface area contributed by atoms with Gasteiger partial charge in [-0.05, 0) is 31.0 Å². The number of alkyl halides is 3. The topological polar surface area (TPSA) is 60.2 Å². The largest absolute Gasteiger partial charge is 0.416 e. The van der Waals surface area contributed by atoms with Crippen LogP contribution in [-0.4, -0.2) is 19.7 Å². The van der Waals surface area contributed by atoms with E-state index >= 15 is 0 Å². The van der Waals surface area contributed by atoms with Gasteiger partial charge in [0.25, 0.3) is 0 Å². The minimum absolute atomic E-state index is 0.301. The van der Waals surface area contributed by atoms with Gasteiger partial charge in [0.05, 0.1) is 15.7 Å². The lowest BCUT2D eigenvalue weighted by Crippen LogP contribution is -2.35. The van der Waals surface area contributed by atoms with Crippen LogP contribution in [0.5, 0.6) is 0 Å². The van der Waals surface area contributed by atoms with Crippen molar-refractivity contribution in [2.75, 3.05) is 0 Å². The van der Waals surface area contributed by atoms with E-state index in [1.165, 1.54) is 6.07 Å². The Bertz CT molecular complexity index is 569. The van der Waals surface area contributed by atoms with Crippen molar-refractivity contribution in [3.8, 4) is 0 Å². The highest BCUT2D eigenvalue weighted by molar-refractivity contribution is 7.92. The lowest BCUT2D eigenvalue weighted by atomic mass is 10.2. The molecule has 0 aliphatic heterocycles. The highest BCUT2D eigenvalue weighted by Gasteiger charge is 2.38. The summed E-state index contributed by atoms with van der Waals surface area (Å²) < 4.78 is 62.3. The number of sulfone groups is 1. The van der Waals surface area contributed by atoms with Crippen LogP contribution in [0.1, 0.15) is 24.8 Å². The molecular formula is C12H14F3NO2S. The molecule has 2 unspecified atom stereocenters. The maximum atomic E-state index is 12.6. The van der Waals surface area contributed by atoms with Crippen LogP contribution >= 0.6 is 0 Å². The van der Waals surface area contributed by atoms with Crippen molar-refractivity contribution in [1.29, 1.82) is 0 Å². The molecule has 2 rings (SSSR count). The SMILES string of the molecule is NC1CCCC1S(=O)(=O)c1cccc(C(F)(F)F)c1. The first-order valence-electron chi connectivity index (χ1n) is 5.89. The Morgan fingerprint density at radius 3 is 2.42 bits per heavy atom. The Balaban J connectivity index is 2.41. The van der Waals surface area contributed by atoms with E-state index in [0.717, 1.165) is 12.1 Å². The standard InChI is InChI=1S/C12H14F3NO2S/c13-12(14,15)8-3-1-4-9(7-8)19(17,18)11-6-2-5-10(11)16/h1,3-4,7,10-11H,2,5-6,16H2. The van der Waals surface area contributed by atoms with E-state index in [1.807, 2.05) is 0 Å². The zero-order valence-corrected chi connectivity index (χ0v) is 10.8. The zero-order valence-electron chi connectivity index (χ0n) is 10.0. The predicted molar refractivity (Wildman–Crippen MR) is 64.2 cm³/mol. The van der Waals surface area contributed by atoms with Gasteiger partial charge >= 0.3 is 6.18 Å². The highest BCUT2D eigenvalue weighted by atomic mass is 32.2. The van der Waals surface area contributed by atoms with E-state index in [4.69, 9.17) is 5.73 Å². The van der Waals surface area contributed by atoms with Crippen LogP contribution < -0.4 is 5.73 Å². The summed E-state index contributed by atoms with van der Waals surface area (Å²) in [6.45, 7) is 0. The molecule has 19 heavy (non-hydrogen) atoms. The molecule has 2 atom stereocenters. The van der Waals surface area contributed by atoms with E-state index in [-0.39, 0.29) is 4.90 Å². The van der Waals surface area contributed by atoms with Gasteiger partial charge < -0.3 is 5.73 Å². The van der Waals surface area contributed by atoms with Gasteiger partial charge in [-0.3, -0.25) is 0 Å². The number of rotatable bonds is 2. The van der Waals surface area contributed by atoms with Crippen LogP contribution in [0, 0.1) is 0 Å². The molecule has 1 aliphatic carbocycles. The van der Waals surface area contributed by atoms with Gasteiger partial charge in [-0.25, -0.2) is 8.42 Å². The minimum atomic E-state index is -4.55. The monoisotopic (exact) mass is 293 g/mol. The minimum Gasteiger partial charge on any atom is -0.327 e. The molecule has 0 amide bonds. The summed E-state index contributed by atoms with van der Waals surface area (Å²) >= 11 is 0. The summed E-state index contributed by atoms with van der Waals surface area (Å²) in [4.78, 5) is -0.301. The Morgan fingerprint density at radius 1 is 1.21 bits per heavy atom. The number of benzene rings is 1. The summed E-state index contributed by atoms with van der Waals surface area (Å²) in [5.41, 5.74) is 4.77. The molecule has 7 heteroatoms. The normalized spacial score (nSPS) is 24.6. The predicted octanol–water partition coefficient (Wildman–Crippen LogP) is 2.36. The Hall–Kier alpha value is -1.08. The third-order valence-electron chi connectivity index (χ3n) is 3.39. The van der Waals surface area contributed by atoms with Crippen molar-refractivity contribution in [3.05, 3.63) is 29.8 Å². The second-order valence-corrected chi connectivity index (χ2v) is 6.87. The van der Waals surface area contributed by atoms with Crippen LogP contribution in [-0.2, 0) is 16.0 Å². The summed E-state index contributed by atoms with van der Waals surface area (Å²) in [7, 11) is -3.80. The van der Waals surface area contributed by atoms with Crippen molar-refractivity contribution < 1.29 is 21.6 Å². The second-order valence-electron chi connectivity index (χ2n) is 4.70. The van der Waals surface area contributed by atoms with E-state index in [1.54, 1.807) is 0 Å². The van der Waals surface area contributed by atoms with Gasteiger partial charge in [-0.1, -0.05) is 12.5 Å². The van der Waals surface area contributed by atoms with Crippen molar-refractivity contribution in [2.45, 2.75) is 41.6 Å². The average molecular weight is 293 g/mol. The Morgan fingerprint density at radius 2 is 1.89 bits per heavy atom. The quantitative estimate of drug-likeness (QED) is 0.910. The average Bonchev–Trinajstić information content (AvgIpc) is 2.75. The smallest absolute Gasteiger partial charge is 0.327 e. The summed E-state index contributed by atoms with van der Waals surface area (Å²) in [5.74, 6) is 0. The maximum Gasteiger partial charge on any atom is 0.416 e. The molecule has 0 aromatic heterocycles. The van der Waals surface area contributed by atoms with Crippen LogP contribution in [0.4, 0.5) is 13.2 Å². The first kappa shape index (κ1) is 14.3. The van der Waals surface area contributed by atoms with Crippen molar-refractivity contribution in [3.63, 3.8) is 0 Å². The molecule has 106 valence electrons. The molecule has 2 N–H and O–H groups in total. The molecule has 0 saturated heterocycles. The zero-order chi connectivity index (χ0) is 14.3. The van der Waals surface area contributed by atoms with Crippen molar-refractivity contribution >= 4 is 9.84 Å². The van der Waals surface area contributed by atoms with Crippen LogP contribution in [0.2, 0.25) is 0 Å². The fourth-order valence-corrected chi connectivity index (χ4v) is 4.35. The number of hydrogen-bond acceptors (Lipinski definition) is 3. The van der Waals surface area contributed by atoms with Gasteiger partial charge in [-0.15, -0.1) is 0 Å². The molecule has 0 spiro atoms. The summed E-state index contributed by atoms with van der Waals surface area (Å²) in [6.07, 6.45) is -2.88. The van der Waals surface area contributed by atoms with E-state index in [9.17, 15) is 21.6 Å². The molecule has 1 aliphatic rings. The molecular weight excluding hydrogens is 279 g/mol. The third kappa shape index (κ3) is 2.76. The van der Waals surface area contributed by atoms with Crippen LogP contribution in [0.3, 0.4) is 0 Å². The van der Waals surface area contributed by atoms with Gasteiger partial charge in [0.15, 0.2) is 9.84 Å². The fraction of sp³-hybridized carbons (Fsp3) is 0.500. The molecule has 1 saturated carbocycles. The van der Waals surface area contributed by atoms with Crippen LogP contribution in [0.15, 0.2) is 29.2 Å². The lowest BCUT2D eigenvalue weighted by molar-refractivity contribution is -0.137. The van der Waals surface area contributed by atoms with E-state index < -0.39 is 32.9 Å². The summed E-state index contributed by atoms with van der Waals surface area (Å²) in [5, 5.41) is -0.781. The van der Waals surface area contributed by atoms with E-state index in [2.05, 4.69) is 0 Å². The first-order valence-corrected chi connectivity index (χ1v) is 7.44. The molecule has 0 radical (unpaired) electrons. The number of hydrogen-bond donors (Lipinski definition) is 1. The molecule has 3 nitrogen and oxygen atoms in total. The highest BCUT2D eigenvalue weighted by Crippen LogP contribution is 2.33. The third-order valence-corrected chi connectivity index (χ3v) is 5.69. The van der Waals surface area contributed by atoms with Crippen LogP contribution in [0.25, 0.3) is 0 Å². The molecule has 1 fully saturated rings. The van der Waals surface area contributed by atoms with Crippen molar-refractivity contribution in [2.24, 2.45) is 5.73 Å². The molecule has 0 heterocycles. The molecule has 0 bridgehead atoms. The van der Waals surface area contributed by atoms with Gasteiger partial charge in [0.2, 0.25) is 0 Å². The molecule has 1 aromatic carbocycles. The van der Waals surface area contributed by atoms with Gasteiger partial charge in [-0.2, -0.15) is 13.2 Å². The second kappa shape index (κ2) is 4.79. The Kier molecular flexibility index (Phi) is 3.61. The van der Waals surface area contributed by atoms with E-state index in [0.29, 0.717) is 25.3 Å². The lowest BCUT2D eigenvalue weighted by Gasteiger charge is -2.17. The van der Waals surface area contributed by atoms with Crippen molar-refractivity contribution in [1.82, 2.24) is 0 Å². The first-order chi connectivity index (χ1) is 8.73. The molecule has 1 aromatic rings. The Labute approximate surface area is 109 Å².